The van der Waals surface area contributed by atoms with Crippen LogP contribution in [-0.2, 0) is 7.05 Å². The van der Waals surface area contributed by atoms with Crippen LogP contribution in [-0.4, -0.2) is 53.8 Å². The molecular formula is C25H23FN8O2. The Morgan fingerprint density at radius 1 is 1.11 bits per heavy atom. The molecular weight excluding hydrogens is 463 g/mol. The van der Waals surface area contributed by atoms with Crippen molar-refractivity contribution >= 4 is 39.5 Å². The lowest BCUT2D eigenvalue weighted by Crippen LogP contribution is -2.23. The standard InChI is InChI=1S/C25H23FN8O2/c1-14-21(36-16-3-5-20-18(9-16)30-13-33(20)2)6-4-17(22(14)26)31-24-23-19(28-12-29-24)10-27-25(32-23)34-8-7-15(35)11-34/h3-6,9-10,12-13,15,35H,7-8,11H2,1-2H3,(H,28,29,31)/t15-/m0/s1. The van der Waals surface area contributed by atoms with Gasteiger partial charge in [-0.15, -0.1) is 0 Å². The van der Waals surface area contributed by atoms with Gasteiger partial charge in [-0.2, -0.15) is 0 Å². The van der Waals surface area contributed by atoms with Crippen LogP contribution in [0.5, 0.6) is 11.5 Å². The maximum absolute atomic E-state index is 15.4. The van der Waals surface area contributed by atoms with Gasteiger partial charge in [0.1, 0.15) is 28.9 Å². The number of imidazole rings is 1. The van der Waals surface area contributed by atoms with Crippen LogP contribution in [0.2, 0.25) is 0 Å². The van der Waals surface area contributed by atoms with Crippen LogP contribution in [0, 0.1) is 12.7 Å². The lowest BCUT2D eigenvalue weighted by Gasteiger charge is -2.16. The van der Waals surface area contributed by atoms with Gasteiger partial charge in [0, 0.05) is 31.8 Å². The van der Waals surface area contributed by atoms with Gasteiger partial charge in [0.25, 0.3) is 0 Å². The molecule has 0 aliphatic carbocycles. The Hall–Kier alpha value is -4.38. The minimum absolute atomic E-state index is 0.233. The summed E-state index contributed by atoms with van der Waals surface area (Å²) in [6.45, 7) is 2.78. The number of ether oxygens (including phenoxy) is 1. The van der Waals surface area contributed by atoms with Crippen molar-refractivity contribution in [2.24, 2.45) is 7.05 Å². The number of nitrogens with one attached hydrogen (secondary N) is 1. The first-order chi connectivity index (χ1) is 17.5. The smallest absolute Gasteiger partial charge is 0.226 e. The molecule has 0 unspecified atom stereocenters. The van der Waals surface area contributed by atoms with E-state index in [0.717, 1.165) is 11.0 Å². The maximum atomic E-state index is 15.4. The van der Waals surface area contributed by atoms with E-state index in [1.54, 1.807) is 31.6 Å². The summed E-state index contributed by atoms with van der Waals surface area (Å²) in [6, 6.07) is 8.88. The molecule has 0 spiro atoms. The molecule has 36 heavy (non-hydrogen) atoms. The number of nitrogens with zero attached hydrogens (tertiary/aromatic N) is 7. The number of rotatable bonds is 5. The number of aliphatic hydroxyl groups excluding tert-OH is 1. The molecule has 1 aliphatic heterocycles. The minimum atomic E-state index is -0.463. The first-order valence-corrected chi connectivity index (χ1v) is 11.5. The van der Waals surface area contributed by atoms with Crippen molar-refractivity contribution in [1.82, 2.24) is 29.5 Å². The van der Waals surface area contributed by atoms with Gasteiger partial charge >= 0.3 is 0 Å². The summed E-state index contributed by atoms with van der Waals surface area (Å²) in [5.41, 5.74) is 3.35. The third-order valence-electron chi connectivity index (χ3n) is 6.33. The van der Waals surface area contributed by atoms with Crippen molar-refractivity contribution in [3.05, 3.63) is 60.6 Å². The summed E-state index contributed by atoms with van der Waals surface area (Å²) in [6.07, 6.45) is 4.97. The van der Waals surface area contributed by atoms with Gasteiger partial charge in [0.2, 0.25) is 5.95 Å². The molecule has 10 nitrogen and oxygen atoms in total. The van der Waals surface area contributed by atoms with Crippen molar-refractivity contribution in [3.63, 3.8) is 0 Å². The van der Waals surface area contributed by atoms with E-state index in [0.29, 0.717) is 59.4 Å². The van der Waals surface area contributed by atoms with Gasteiger partial charge in [-0.05, 0) is 37.6 Å². The van der Waals surface area contributed by atoms with E-state index in [1.165, 1.54) is 6.33 Å². The maximum Gasteiger partial charge on any atom is 0.226 e. The highest BCUT2D eigenvalue weighted by Gasteiger charge is 2.23. The molecule has 0 saturated carbocycles. The topological polar surface area (TPSA) is 114 Å². The van der Waals surface area contributed by atoms with Gasteiger partial charge in [0.05, 0.1) is 35.3 Å². The van der Waals surface area contributed by atoms with E-state index in [4.69, 9.17) is 4.74 Å². The molecule has 2 N–H and O–H groups in total. The van der Waals surface area contributed by atoms with Crippen molar-refractivity contribution < 1.29 is 14.2 Å². The van der Waals surface area contributed by atoms with Crippen LogP contribution < -0.4 is 15.0 Å². The van der Waals surface area contributed by atoms with E-state index < -0.39 is 11.9 Å². The SMILES string of the molecule is Cc1c(Oc2ccc3c(c2)ncn3C)ccc(Nc2ncnc3cnc(N4CC[C@H](O)C4)nc23)c1F. The fourth-order valence-electron chi connectivity index (χ4n) is 4.32. The summed E-state index contributed by atoms with van der Waals surface area (Å²) in [4.78, 5) is 23.7. The van der Waals surface area contributed by atoms with Gasteiger partial charge in [-0.3, -0.25) is 0 Å². The number of β-amino-alcohol motifs (C(OH)–C–C–N with tert-alkyl or cyclic N) is 1. The summed E-state index contributed by atoms with van der Waals surface area (Å²) >= 11 is 0. The van der Waals surface area contributed by atoms with E-state index in [2.05, 4.69) is 30.2 Å². The molecule has 1 atom stereocenters. The predicted octanol–water partition coefficient (Wildman–Crippen LogP) is 3.86. The molecule has 0 radical (unpaired) electrons. The molecule has 3 aromatic heterocycles. The number of hydrogen-bond donors (Lipinski definition) is 2. The summed E-state index contributed by atoms with van der Waals surface area (Å²) in [5.74, 6) is 1.34. The number of hydrogen-bond acceptors (Lipinski definition) is 9. The van der Waals surface area contributed by atoms with Crippen LogP contribution in [0.4, 0.5) is 21.8 Å². The van der Waals surface area contributed by atoms with Crippen LogP contribution in [0.15, 0.2) is 49.2 Å². The van der Waals surface area contributed by atoms with Gasteiger partial charge in [-0.25, -0.2) is 29.3 Å². The van der Waals surface area contributed by atoms with Crippen LogP contribution in [0.3, 0.4) is 0 Å². The van der Waals surface area contributed by atoms with Gasteiger partial charge in [0.15, 0.2) is 11.6 Å². The first-order valence-electron chi connectivity index (χ1n) is 11.5. The number of fused-ring (bicyclic) bond motifs is 2. The number of halogens is 1. The second kappa shape index (κ2) is 8.68. The second-order valence-corrected chi connectivity index (χ2v) is 8.80. The zero-order chi connectivity index (χ0) is 24.8. The van der Waals surface area contributed by atoms with E-state index in [9.17, 15) is 5.11 Å². The Morgan fingerprint density at radius 3 is 2.83 bits per heavy atom. The van der Waals surface area contributed by atoms with E-state index in [-0.39, 0.29) is 5.69 Å². The van der Waals surface area contributed by atoms with E-state index >= 15 is 4.39 Å². The Kier molecular flexibility index (Phi) is 5.33. The molecule has 4 heterocycles. The van der Waals surface area contributed by atoms with Crippen LogP contribution in [0.25, 0.3) is 22.1 Å². The number of aliphatic hydroxyl groups is 1. The number of benzene rings is 2. The molecule has 2 aromatic carbocycles. The highest BCUT2D eigenvalue weighted by atomic mass is 19.1. The number of anilines is 3. The quantitative estimate of drug-likeness (QED) is 0.382. The second-order valence-electron chi connectivity index (χ2n) is 8.80. The van der Waals surface area contributed by atoms with Crippen molar-refractivity contribution in [2.45, 2.75) is 19.4 Å². The largest absolute Gasteiger partial charge is 0.457 e. The third kappa shape index (κ3) is 3.93. The minimum Gasteiger partial charge on any atom is -0.457 e. The van der Waals surface area contributed by atoms with Gasteiger partial charge < -0.3 is 24.6 Å². The zero-order valence-electron chi connectivity index (χ0n) is 19.7. The van der Waals surface area contributed by atoms with Crippen LogP contribution in [0.1, 0.15) is 12.0 Å². The fraction of sp³-hybridized carbons (Fsp3) is 0.240. The number of aryl methyl sites for hydroxylation is 1. The Labute approximate surface area is 205 Å². The Morgan fingerprint density at radius 2 is 2.00 bits per heavy atom. The molecule has 1 aliphatic rings. The summed E-state index contributed by atoms with van der Waals surface area (Å²) in [7, 11) is 1.92. The normalized spacial score (nSPS) is 15.7. The van der Waals surface area contributed by atoms with Gasteiger partial charge in [-0.1, -0.05) is 0 Å². The van der Waals surface area contributed by atoms with Crippen molar-refractivity contribution in [3.8, 4) is 11.5 Å². The molecule has 1 saturated heterocycles. The molecule has 182 valence electrons. The van der Waals surface area contributed by atoms with Crippen molar-refractivity contribution in [1.29, 1.82) is 0 Å². The Balaban J connectivity index is 1.29. The number of aromatic nitrogens is 6. The molecule has 0 amide bonds. The monoisotopic (exact) mass is 486 g/mol. The molecule has 0 bridgehead atoms. The molecule has 5 aromatic rings. The molecule has 11 heteroatoms. The van der Waals surface area contributed by atoms with E-state index in [1.807, 2.05) is 34.7 Å². The Bertz CT molecular complexity index is 1600. The average Bonchev–Trinajstić information content (AvgIpc) is 3.49. The third-order valence-corrected chi connectivity index (χ3v) is 6.33. The first kappa shape index (κ1) is 22.1. The average molecular weight is 487 g/mol. The summed E-state index contributed by atoms with van der Waals surface area (Å²) < 4.78 is 23.3. The highest BCUT2D eigenvalue weighted by Crippen LogP contribution is 2.33. The summed E-state index contributed by atoms with van der Waals surface area (Å²) in [5, 5.41) is 12.9. The van der Waals surface area contributed by atoms with Crippen LogP contribution >= 0.6 is 0 Å². The molecule has 6 rings (SSSR count). The molecule has 1 fully saturated rings. The fourth-order valence-corrected chi connectivity index (χ4v) is 4.32. The van der Waals surface area contributed by atoms with Crippen molar-refractivity contribution in [2.75, 3.05) is 23.3 Å². The lowest BCUT2D eigenvalue weighted by atomic mass is 10.1. The highest BCUT2D eigenvalue weighted by molar-refractivity contribution is 5.87. The predicted molar refractivity (Wildman–Crippen MR) is 133 cm³/mol. The zero-order valence-corrected chi connectivity index (χ0v) is 19.7. The lowest BCUT2D eigenvalue weighted by molar-refractivity contribution is 0.198.